The molecule has 5 N–H and O–H groups in total. The number of nitrogens with one attached hydrogen (secondary N) is 1. The molecule has 23 heavy (non-hydrogen) atoms. The fourth-order valence-electron chi connectivity index (χ4n) is 2.13. The zero-order chi connectivity index (χ0) is 17.2. The lowest BCUT2D eigenvalue weighted by atomic mass is 10.0. The molecule has 0 aromatic heterocycles. The number of rotatable bonds is 9. The van der Waals surface area contributed by atoms with Gasteiger partial charge in [-0.2, -0.15) is 0 Å². The van der Waals surface area contributed by atoms with Gasteiger partial charge >= 0.3 is 0 Å². The second-order valence-corrected chi connectivity index (χ2v) is 5.15. The van der Waals surface area contributed by atoms with Crippen LogP contribution >= 0.6 is 0 Å². The summed E-state index contributed by atoms with van der Waals surface area (Å²) in [5.74, 6) is 2.19. The lowest BCUT2D eigenvalue weighted by molar-refractivity contribution is 0.173. The van der Waals surface area contributed by atoms with Gasteiger partial charge in [-0.05, 0) is 30.0 Å². The number of benzene rings is 1. The van der Waals surface area contributed by atoms with Crippen molar-refractivity contribution < 1.29 is 14.2 Å². The predicted molar refractivity (Wildman–Crippen MR) is 92.0 cm³/mol. The van der Waals surface area contributed by atoms with Crippen molar-refractivity contribution in [2.45, 2.75) is 13.5 Å². The van der Waals surface area contributed by atoms with E-state index in [1.807, 2.05) is 31.2 Å². The molecule has 0 aliphatic heterocycles. The highest BCUT2D eigenvalue weighted by Gasteiger charge is 2.08. The Hall–Kier alpha value is -2.34. The van der Waals surface area contributed by atoms with Gasteiger partial charge < -0.3 is 31.0 Å². The molecule has 6 nitrogen and oxygen atoms in total. The molecule has 0 aliphatic carbocycles. The van der Waals surface area contributed by atoms with Crippen LogP contribution in [0.15, 0.2) is 41.9 Å². The van der Waals surface area contributed by atoms with Crippen LogP contribution in [0.1, 0.15) is 12.5 Å². The number of methoxy groups -OCH3 is 3. The van der Waals surface area contributed by atoms with Crippen LogP contribution in [0, 0.1) is 5.92 Å². The molecule has 0 saturated carbocycles. The van der Waals surface area contributed by atoms with Crippen LogP contribution in [0.3, 0.4) is 0 Å². The largest absolute Gasteiger partial charge is 0.497 e. The highest BCUT2D eigenvalue weighted by Crippen LogP contribution is 2.24. The van der Waals surface area contributed by atoms with E-state index in [-0.39, 0.29) is 5.92 Å². The van der Waals surface area contributed by atoms with Crippen molar-refractivity contribution in [3.63, 3.8) is 0 Å². The van der Waals surface area contributed by atoms with E-state index in [0.29, 0.717) is 19.0 Å². The van der Waals surface area contributed by atoms with E-state index in [1.54, 1.807) is 27.5 Å². The summed E-state index contributed by atoms with van der Waals surface area (Å²) >= 11 is 0. The van der Waals surface area contributed by atoms with E-state index < -0.39 is 0 Å². The second-order valence-electron chi connectivity index (χ2n) is 5.15. The molecule has 0 fully saturated rings. The third-order valence-electron chi connectivity index (χ3n) is 3.48. The van der Waals surface area contributed by atoms with Crippen molar-refractivity contribution in [2.24, 2.45) is 17.4 Å². The van der Waals surface area contributed by atoms with Crippen LogP contribution in [0.25, 0.3) is 0 Å². The summed E-state index contributed by atoms with van der Waals surface area (Å²) in [5.41, 5.74) is 13.6. The van der Waals surface area contributed by atoms with E-state index in [4.69, 9.17) is 25.7 Å². The molecule has 0 aliphatic rings. The molecule has 6 heteroatoms. The van der Waals surface area contributed by atoms with E-state index in [2.05, 4.69) is 5.32 Å². The van der Waals surface area contributed by atoms with E-state index in [0.717, 1.165) is 22.6 Å². The van der Waals surface area contributed by atoms with Gasteiger partial charge in [0.15, 0.2) is 0 Å². The average Bonchev–Trinajstić information content (AvgIpc) is 2.57. The minimum atomic E-state index is 0.167. The van der Waals surface area contributed by atoms with E-state index >= 15 is 0 Å². The molecule has 1 atom stereocenters. The van der Waals surface area contributed by atoms with Gasteiger partial charge in [0, 0.05) is 31.2 Å². The van der Waals surface area contributed by atoms with Crippen LogP contribution in [0.4, 0.5) is 0 Å². The summed E-state index contributed by atoms with van der Waals surface area (Å²) in [6, 6.07) is 5.65. The molecule has 0 heterocycles. The van der Waals surface area contributed by atoms with E-state index in [9.17, 15) is 0 Å². The van der Waals surface area contributed by atoms with Crippen molar-refractivity contribution >= 4 is 0 Å². The second kappa shape index (κ2) is 9.63. The Kier molecular flexibility index (Phi) is 7.83. The Bertz CT molecular complexity index is 556. The molecule has 0 bridgehead atoms. The summed E-state index contributed by atoms with van der Waals surface area (Å²) in [6.45, 7) is 3.14. The Labute approximate surface area is 138 Å². The van der Waals surface area contributed by atoms with Gasteiger partial charge in [-0.3, -0.25) is 0 Å². The molecule has 0 amide bonds. The van der Waals surface area contributed by atoms with Crippen LogP contribution in [0.5, 0.6) is 11.5 Å². The van der Waals surface area contributed by atoms with Gasteiger partial charge in [0.1, 0.15) is 11.5 Å². The molecule has 128 valence electrons. The Morgan fingerprint density at radius 1 is 1.26 bits per heavy atom. The maximum atomic E-state index is 6.03. The molecule has 1 unspecified atom stereocenters. The first-order chi connectivity index (χ1) is 11.0. The quantitative estimate of drug-likeness (QED) is 0.600. The van der Waals surface area contributed by atoms with Crippen LogP contribution in [-0.2, 0) is 11.3 Å². The van der Waals surface area contributed by atoms with Gasteiger partial charge in [0.2, 0.25) is 0 Å². The Morgan fingerprint density at radius 2 is 2.00 bits per heavy atom. The highest BCUT2D eigenvalue weighted by molar-refractivity contribution is 5.41. The molecule has 0 saturated heterocycles. The summed E-state index contributed by atoms with van der Waals surface area (Å²) in [4.78, 5) is 0. The third kappa shape index (κ3) is 5.75. The number of ether oxygens (including phenoxy) is 3. The Morgan fingerprint density at radius 3 is 2.57 bits per heavy atom. The first-order valence-corrected chi connectivity index (χ1v) is 7.38. The lowest BCUT2D eigenvalue weighted by Gasteiger charge is -2.14. The van der Waals surface area contributed by atoms with Crippen LogP contribution in [-0.4, -0.2) is 27.9 Å². The number of nitrogens with two attached hydrogens (primary N) is 2. The normalized spacial score (nSPS) is 13.6. The monoisotopic (exact) mass is 321 g/mol. The number of hydrogen-bond acceptors (Lipinski definition) is 6. The van der Waals surface area contributed by atoms with Crippen molar-refractivity contribution in [1.29, 1.82) is 0 Å². The minimum Gasteiger partial charge on any atom is -0.497 e. The molecule has 0 spiro atoms. The topological polar surface area (TPSA) is 91.8 Å². The molecule has 0 radical (unpaired) electrons. The zero-order valence-electron chi connectivity index (χ0n) is 14.3. The van der Waals surface area contributed by atoms with Crippen molar-refractivity contribution in [2.75, 3.05) is 27.9 Å². The number of allylic oxidation sites excluding steroid dienone is 1. The molecular formula is C17H27N3O3. The van der Waals surface area contributed by atoms with Crippen molar-refractivity contribution in [3.8, 4) is 11.5 Å². The van der Waals surface area contributed by atoms with Crippen molar-refractivity contribution in [1.82, 2.24) is 5.32 Å². The van der Waals surface area contributed by atoms with Gasteiger partial charge in [-0.1, -0.05) is 6.92 Å². The fraction of sp³-hybridized carbons (Fsp3) is 0.412. The molecule has 1 aromatic rings. The highest BCUT2D eigenvalue weighted by atomic mass is 16.5. The van der Waals surface area contributed by atoms with Gasteiger partial charge in [0.05, 0.1) is 26.6 Å². The fourth-order valence-corrected chi connectivity index (χ4v) is 2.13. The molecule has 1 rings (SSSR count). The predicted octanol–water partition coefficient (Wildman–Crippen LogP) is 1.72. The maximum Gasteiger partial charge on any atom is 0.127 e. The molecule has 1 aromatic carbocycles. The van der Waals surface area contributed by atoms with Gasteiger partial charge in [-0.25, -0.2) is 0 Å². The summed E-state index contributed by atoms with van der Waals surface area (Å²) in [7, 11) is 4.90. The van der Waals surface area contributed by atoms with Crippen molar-refractivity contribution in [3.05, 3.63) is 47.4 Å². The lowest BCUT2D eigenvalue weighted by Crippen LogP contribution is -2.21. The van der Waals surface area contributed by atoms with E-state index in [1.165, 1.54) is 0 Å². The minimum absolute atomic E-state index is 0.167. The average molecular weight is 321 g/mol. The number of hydrogen-bond donors (Lipinski definition) is 3. The Balaban J connectivity index is 2.75. The smallest absolute Gasteiger partial charge is 0.127 e. The molecular weight excluding hydrogens is 294 g/mol. The first kappa shape index (κ1) is 18.7. The summed E-state index contributed by atoms with van der Waals surface area (Å²) < 4.78 is 15.7. The first-order valence-electron chi connectivity index (χ1n) is 7.38. The van der Waals surface area contributed by atoms with Crippen LogP contribution in [0.2, 0.25) is 0 Å². The maximum absolute atomic E-state index is 6.03. The van der Waals surface area contributed by atoms with Gasteiger partial charge in [-0.15, -0.1) is 0 Å². The SMILES string of the molecule is COCC(C)C(/C=C(\N)NCc1ccc(OC)cc1OC)=C/N. The summed E-state index contributed by atoms with van der Waals surface area (Å²) in [6.07, 6.45) is 3.37. The van der Waals surface area contributed by atoms with Gasteiger partial charge in [0.25, 0.3) is 0 Å². The van der Waals surface area contributed by atoms with Crippen LogP contribution < -0.4 is 26.3 Å². The third-order valence-corrected chi connectivity index (χ3v) is 3.48. The zero-order valence-corrected chi connectivity index (χ0v) is 14.3. The summed E-state index contributed by atoms with van der Waals surface area (Å²) in [5, 5.41) is 3.15. The standard InChI is InChI=1S/C17H27N3O3/c1-12(11-21-2)14(9-18)7-17(19)20-10-13-5-6-15(22-3)8-16(13)23-4/h5-9,12,20H,10-11,18-19H2,1-4H3/b14-9+,17-7+.